The molecule has 0 spiro atoms. The summed E-state index contributed by atoms with van der Waals surface area (Å²) in [5, 5.41) is 11.3. The van der Waals surface area contributed by atoms with Crippen LogP contribution >= 0.6 is 11.8 Å². The Hall–Kier alpha value is -2.68. The minimum atomic E-state index is -0.331. The van der Waals surface area contributed by atoms with Crippen molar-refractivity contribution in [3.63, 3.8) is 0 Å². The Morgan fingerprint density at radius 1 is 1.35 bits per heavy atom. The highest BCUT2D eigenvalue weighted by molar-refractivity contribution is 7.99. The van der Waals surface area contributed by atoms with E-state index in [1.807, 2.05) is 0 Å². The summed E-state index contributed by atoms with van der Waals surface area (Å²) in [5.74, 6) is -0.0811. The van der Waals surface area contributed by atoms with E-state index in [2.05, 4.69) is 22.1 Å². The predicted octanol–water partition coefficient (Wildman–Crippen LogP) is 1.57. The number of carbonyl (C=O) groups excluding carboxylic acids is 2. The number of aromatic nitrogens is 3. The lowest BCUT2D eigenvalue weighted by molar-refractivity contribution is -0.132. The van der Waals surface area contributed by atoms with Crippen molar-refractivity contribution >= 4 is 23.6 Å². The smallest absolute Gasteiger partial charge is 0.239 e. The third-order valence-corrected chi connectivity index (χ3v) is 4.49. The van der Waals surface area contributed by atoms with Gasteiger partial charge in [0.05, 0.1) is 12.3 Å². The molecular formula is C17H20FN5O2S. The van der Waals surface area contributed by atoms with Gasteiger partial charge in [-0.1, -0.05) is 17.8 Å². The van der Waals surface area contributed by atoms with E-state index in [0.29, 0.717) is 17.5 Å². The normalized spacial score (nSPS) is 10.4. The minimum Gasteiger partial charge on any atom is -0.358 e. The summed E-state index contributed by atoms with van der Waals surface area (Å²) < 4.78 is 14.9. The van der Waals surface area contributed by atoms with Crippen molar-refractivity contribution in [3.05, 3.63) is 42.7 Å². The van der Waals surface area contributed by atoms with Crippen LogP contribution in [0.5, 0.6) is 0 Å². The summed E-state index contributed by atoms with van der Waals surface area (Å²) in [6, 6.07) is 5.95. The fourth-order valence-corrected chi connectivity index (χ4v) is 3.01. The third kappa shape index (κ3) is 4.92. The SMILES string of the molecule is C=CCn1c(SCC(=O)N(C)CC(=O)NC)nnc1-c1ccc(F)cc1. The zero-order valence-electron chi connectivity index (χ0n) is 14.6. The van der Waals surface area contributed by atoms with Crippen LogP contribution in [0.15, 0.2) is 42.1 Å². The van der Waals surface area contributed by atoms with Crippen LogP contribution in [0.1, 0.15) is 0 Å². The summed E-state index contributed by atoms with van der Waals surface area (Å²) in [4.78, 5) is 24.9. The number of hydrogen-bond donors (Lipinski definition) is 1. The first kappa shape index (κ1) is 19.6. The van der Waals surface area contributed by atoms with Gasteiger partial charge in [0, 0.05) is 26.2 Å². The molecule has 2 rings (SSSR count). The fourth-order valence-electron chi connectivity index (χ4n) is 2.12. The van der Waals surface area contributed by atoms with Gasteiger partial charge in [0.2, 0.25) is 11.8 Å². The van der Waals surface area contributed by atoms with E-state index in [0.717, 1.165) is 5.56 Å². The van der Waals surface area contributed by atoms with E-state index in [1.54, 1.807) is 29.8 Å². The Bertz CT molecular complexity index is 791. The Kier molecular flexibility index (Phi) is 6.90. The third-order valence-electron chi connectivity index (χ3n) is 3.54. The quantitative estimate of drug-likeness (QED) is 0.558. The molecule has 0 unspecified atom stereocenters. The van der Waals surface area contributed by atoms with Gasteiger partial charge in [-0.3, -0.25) is 14.2 Å². The monoisotopic (exact) mass is 377 g/mol. The van der Waals surface area contributed by atoms with E-state index in [1.165, 1.54) is 35.8 Å². The van der Waals surface area contributed by atoms with Gasteiger partial charge in [-0.05, 0) is 24.3 Å². The molecule has 1 N–H and O–H groups in total. The Labute approximate surface area is 155 Å². The number of allylic oxidation sites excluding steroid dienone is 1. The Morgan fingerprint density at radius 3 is 2.65 bits per heavy atom. The van der Waals surface area contributed by atoms with Crippen LogP contribution in [-0.4, -0.2) is 57.9 Å². The van der Waals surface area contributed by atoms with Crippen LogP contribution in [0.2, 0.25) is 0 Å². The number of thioether (sulfide) groups is 1. The molecule has 7 nitrogen and oxygen atoms in total. The minimum absolute atomic E-state index is 0.00390. The summed E-state index contributed by atoms with van der Waals surface area (Å²) in [6.07, 6.45) is 1.69. The van der Waals surface area contributed by atoms with Crippen LogP contribution in [0.3, 0.4) is 0 Å². The van der Waals surface area contributed by atoms with Gasteiger partial charge in [-0.25, -0.2) is 4.39 Å². The first-order valence-corrected chi connectivity index (χ1v) is 8.82. The molecule has 0 fully saturated rings. The maximum atomic E-state index is 13.1. The van der Waals surface area contributed by atoms with Gasteiger partial charge in [0.25, 0.3) is 0 Å². The highest BCUT2D eigenvalue weighted by Crippen LogP contribution is 2.24. The van der Waals surface area contributed by atoms with Crippen molar-refractivity contribution in [2.45, 2.75) is 11.7 Å². The molecule has 1 aromatic heterocycles. The second-order valence-electron chi connectivity index (χ2n) is 5.42. The molecule has 0 aliphatic heterocycles. The zero-order valence-corrected chi connectivity index (χ0v) is 15.4. The molecule has 1 heterocycles. The molecule has 1 aromatic carbocycles. The molecular weight excluding hydrogens is 357 g/mol. The number of likely N-dealkylation sites (N-methyl/N-ethyl adjacent to an activating group) is 2. The summed E-state index contributed by atoms with van der Waals surface area (Å²) in [5.41, 5.74) is 0.718. The van der Waals surface area contributed by atoms with Crippen molar-refractivity contribution in [2.24, 2.45) is 0 Å². The van der Waals surface area contributed by atoms with Crippen molar-refractivity contribution in [2.75, 3.05) is 26.4 Å². The Morgan fingerprint density at radius 2 is 2.04 bits per heavy atom. The Balaban J connectivity index is 2.12. The lowest BCUT2D eigenvalue weighted by Crippen LogP contribution is -2.37. The van der Waals surface area contributed by atoms with Gasteiger partial charge < -0.3 is 10.2 Å². The predicted molar refractivity (Wildman–Crippen MR) is 98.0 cm³/mol. The first-order valence-electron chi connectivity index (χ1n) is 7.83. The van der Waals surface area contributed by atoms with Crippen molar-refractivity contribution in [1.29, 1.82) is 0 Å². The van der Waals surface area contributed by atoms with Gasteiger partial charge in [-0.15, -0.1) is 16.8 Å². The van der Waals surface area contributed by atoms with Crippen LogP contribution in [0, 0.1) is 5.82 Å². The van der Waals surface area contributed by atoms with Gasteiger partial charge in [-0.2, -0.15) is 0 Å². The van der Waals surface area contributed by atoms with Crippen LogP contribution < -0.4 is 5.32 Å². The van der Waals surface area contributed by atoms with E-state index < -0.39 is 0 Å². The van der Waals surface area contributed by atoms with Crippen molar-refractivity contribution in [1.82, 2.24) is 25.0 Å². The second kappa shape index (κ2) is 9.14. The average molecular weight is 377 g/mol. The zero-order chi connectivity index (χ0) is 19.1. The molecule has 9 heteroatoms. The number of halogens is 1. The van der Waals surface area contributed by atoms with Crippen LogP contribution in [-0.2, 0) is 16.1 Å². The molecule has 26 heavy (non-hydrogen) atoms. The molecule has 0 bridgehead atoms. The van der Waals surface area contributed by atoms with E-state index >= 15 is 0 Å². The molecule has 0 saturated carbocycles. The number of hydrogen-bond acceptors (Lipinski definition) is 5. The fraction of sp³-hybridized carbons (Fsp3) is 0.294. The highest BCUT2D eigenvalue weighted by Gasteiger charge is 2.17. The van der Waals surface area contributed by atoms with Gasteiger partial charge in [0.15, 0.2) is 11.0 Å². The lowest BCUT2D eigenvalue weighted by Gasteiger charge is -2.15. The van der Waals surface area contributed by atoms with Crippen LogP contribution in [0.4, 0.5) is 4.39 Å². The number of benzene rings is 1. The summed E-state index contributed by atoms with van der Waals surface area (Å²) in [7, 11) is 3.08. The van der Waals surface area contributed by atoms with E-state index in [-0.39, 0.29) is 29.9 Å². The molecule has 2 amide bonds. The van der Waals surface area contributed by atoms with E-state index in [9.17, 15) is 14.0 Å². The molecule has 0 radical (unpaired) electrons. The number of nitrogens with zero attached hydrogens (tertiary/aromatic N) is 4. The average Bonchev–Trinajstić information content (AvgIpc) is 3.03. The van der Waals surface area contributed by atoms with Crippen LogP contribution in [0.25, 0.3) is 11.4 Å². The summed E-state index contributed by atoms with van der Waals surface area (Å²) >= 11 is 1.22. The molecule has 138 valence electrons. The van der Waals surface area contributed by atoms with E-state index in [4.69, 9.17) is 0 Å². The topological polar surface area (TPSA) is 80.1 Å². The largest absolute Gasteiger partial charge is 0.358 e. The van der Waals surface area contributed by atoms with Crippen molar-refractivity contribution < 1.29 is 14.0 Å². The maximum absolute atomic E-state index is 13.1. The molecule has 0 aliphatic rings. The molecule has 0 saturated heterocycles. The van der Waals surface area contributed by atoms with Gasteiger partial charge >= 0.3 is 0 Å². The number of nitrogens with one attached hydrogen (secondary N) is 1. The van der Waals surface area contributed by atoms with Crippen molar-refractivity contribution in [3.8, 4) is 11.4 Å². The second-order valence-corrected chi connectivity index (χ2v) is 6.37. The number of carbonyl (C=O) groups is 2. The molecule has 0 aliphatic carbocycles. The lowest BCUT2D eigenvalue weighted by atomic mass is 10.2. The molecule has 0 atom stereocenters. The molecule has 2 aromatic rings. The van der Waals surface area contributed by atoms with Gasteiger partial charge in [0.1, 0.15) is 5.82 Å². The standard InChI is InChI=1S/C17H20FN5O2S/c1-4-9-23-16(12-5-7-13(18)8-6-12)20-21-17(23)26-11-15(25)22(3)10-14(24)19-2/h4-8H,1,9-11H2,2-3H3,(H,19,24). The maximum Gasteiger partial charge on any atom is 0.239 e. The number of amides is 2. The highest BCUT2D eigenvalue weighted by atomic mass is 32.2. The first-order chi connectivity index (χ1) is 12.5. The number of rotatable bonds is 8. The summed E-state index contributed by atoms with van der Waals surface area (Å²) in [6.45, 7) is 4.17.